The van der Waals surface area contributed by atoms with Crippen LogP contribution in [0.25, 0.3) is 17.3 Å². The van der Waals surface area contributed by atoms with Crippen molar-refractivity contribution in [3.8, 4) is 23.0 Å². The molecule has 2 N–H and O–H groups in total. The first-order valence-corrected chi connectivity index (χ1v) is 14.2. The molecule has 0 radical (unpaired) electrons. The number of azo groups is 1. The molecule has 0 spiro atoms. The Morgan fingerprint density at radius 1 is 1.05 bits per heavy atom. The molecule has 0 bridgehead atoms. The van der Waals surface area contributed by atoms with Crippen LogP contribution in [-0.4, -0.2) is 41.4 Å². The number of carbonyl (C=O) groups is 1. The highest BCUT2D eigenvalue weighted by Gasteiger charge is 2.26. The number of carbonyl (C=O) groups excluding carboxylic acids is 1. The number of sulfonamides is 1. The van der Waals surface area contributed by atoms with E-state index in [1.807, 2.05) is 18.2 Å². The van der Waals surface area contributed by atoms with Gasteiger partial charge in [-0.3, -0.25) is 4.79 Å². The van der Waals surface area contributed by atoms with E-state index in [1.165, 1.54) is 47.9 Å². The highest BCUT2D eigenvalue weighted by Crippen LogP contribution is 2.40. The molecule has 0 aliphatic rings. The molecule has 0 aliphatic carbocycles. The monoisotopic (exact) mass is 606 g/mol. The first kappa shape index (κ1) is 28.6. The standard InChI is InChI=1S/C27H23ClN8O5S/c1-17(37)35(20-11-13-22(14-12-20)42(29,38)39)16-23-31-33-27(41-23)24-25(40-2)26(32-30-19-8-4-3-5-9-19)36(34-24)21-10-6-7-18(28)15-21/h3-15H,16H2,1-2H3,(H2,29,38,39). The van der Waals surface area contributed by atoms with Gasteiger partial charge in [0.1, 0.15) is 6.54 Å². The van der Waals surface area contributed by atoms with Gasteiger partial charge in [-0.1, -0.05) is 35.9 Å². The summed E-state index contributed by atoms with van der Waals surface area (Å²) < 4.78 is 36.3. The summed E-state index contributed by atoms with van der Waals surface area (Å²) in [5, 5.41) is 27.2. The van der Waals surface area contributed by atoms with Gasteiger partial charge < -0.3 is 14.1 Å². The van der Waals surface area contributed by atoms with Gasteiger partial charge in [0, 0.05) is 17.6 Å². The van der Waals surface area contributed by atoms with E-state index in [2.05, 4.69) is 25.5 Å². The van der Waals surface area contributed by atoms with Crippen LogP contribution in [0.2, 0.25) is 5.02 Å². The van der Waals surface area contributed by atoms with Crippen LogP contribution in [0.4, 0.5) is 17.2 Å². The molecule has 42 heavy (non-hydrogen) atoms. The molecule has 3 aromatic carbocycles. The van der Waals surface area contributed by atoms with E-state index in [0.717, 1.165) is 0 Å². The second-order valence-electron chi connectivity index (χ2n) is 8.78. The first-order valence-electron chi connectivity index (χ1n) is 12.3. The zero-order chi connectivity index (χ0) is 29.9. The Kier molecular flexibility index (Phi) is 8.10. The number of nitrogens with zero attached hydrogens (tertiary/aromatic N) is 7. The summed E-state index contributed by atoms with van der Waals surface area (Å²) in [5.74, 6) is 0.212. The second kappa shape index (κ2) is 11.9. The summed E-state index contributed by atoms with van der Waals surface area (Å²) in [6.07, 6.45) is 0. The van der Waals surface area contributed by atoms with Crippen LogP contribution in [0.1, 0.15) is 12.8 Å². The van der Waals surface area contributed by atoms with Crippen molar-refractivity contribution in [1.29, 1.82) is 0 Å². The molecule has 15 heteroatoms. The van der Waals surface area contributed by atoms with Gasteiger partial charge in [-0.15, -0.1) is 20.4 Å². The fraction of sp³-hybridized carbons (Fsp3) is 0.111. The summed E-state index contributed by atoms with van der Waals surface area (Å²) >= 11 is 6.24. The topological polar surface area (TPSA) is 171 Å². The van der Waals surface area contributed by atoms with Gasteiger partial charge in [0.2, 0.25) is 27.6 Å². The predicted molar refractivity (Wildman–Crippen MR) is 154 cm³/mol. The van der Waals surface area contributed by atoms with E-state index < -0.39 is 10.0 Å². The van der Waals surface area contributed by atoms with Gasteiger partial charge in [0.15, 0.2) is 11.4 Å². The van der Waals surface area contributed by atoms with Crippen LogP contribution < -0.4 is 14.8 Å². The average molecular weight is 607 g/mol. The number of hydrogen-bond donors (Lipinski definition) is 1. The third kappa shape index (κ3) is 6.20. The number of anilines is 1. The maximum atomic E-state index is 12.5. The van der Waals surface area contributed by atoms with E-state index >= 15 is 0 Å². The fourth-order valence-corrected chi connectivity index (χ4v) is 4.65. The lowest BCUT2D eigenvalue weighted by Crippen LogP contribution is -2.28. The summed E-state index contributed by atoms with van der Waals surface area (Å²) in [4.78, 5) is 13.7. The van der Waals surface area contributed by atoms with E-state index in [-0.39, 0.29) is 46.4 Å². The lowest BCUT2D eigenvalue weighted by molar-refractivity contribution is -0.116. The van der Waals surface area contributed by atoms with Crippen LogP contribution in [0.5, 0.6) is 5.75 Å². The van der Waals surface area contributed by atoms with Crippen molar-refractivity contribution in [1.82, 2.24) is 20.0 Å². The Bertz CT molecular complexity index is 1870. The van der Waals surface area contributed by atoms with Gasteiger partial charge in [-0.25, -0.2) is 18.2 Å². The third-order valence-corrected chi connectivity index (χ3v) is 7.08. The summed E-state index contributed by atoms with van der Waals surface area (Å²) in [6.45, 7) is 1.25. The Morgan fingerprint density at radius 2 is 1.79 bits per heavy atom. The minimum atomic E-state index is -3.89. The number of rotatable bonds is 9. The van der Waals surface area contributed by atoms with Gasteiger partial charge >= 0.3 is 0 Å². The number of primary sulfonamides is 1. The Labute approximate surface area is 245 Å². The fourth-order valence-electron chi connectivity index (χ4n) is 3.95. The molecular weight excluding hydrogens is 584 g/mol. The largest absolute Gasteiger partial charge is 0.491 e. The molecule has 0 unspecified atom stereocenters. The summed E-state index contributed by atoms with van der Waals surface area (Å²) in [7, 11) is -2.44. The van der Waals surface area contributed by atoms with Crippen LogP contribution in [0.3, 0.4) is 0 Å². The molecule has 0 fully saturated rings. The molecule has 13 nitrogen and oxygen atoms in total. The van der Waals surface area contributed by atoms with Gasteiger partial charge in [0.25, 0.3) is 5.89 Å². The molecule has 0 atom stereocenters. The number of benzene rings is 3. The zero-order valence-electron chi connectivity index (χ0n) is 22.2. The van der Waals surface area contributed by atoms with Crippen molar-refractivity contribution in [2.75, 3.05) is 12.0 Å². The van der Waals surface area contributed by atoms with Crippen molar-refractivity contribution in [3.63, 3.8) is 0 Å². The number of methoxy groups -OCH3 is 1. The minimum Gasteiger partial charge on any atom is -0.491 e. The predicted octanol–water partition coefficient (Wildman–Crippen LogP) is 5.20. The Balaban J connectivity index is 1.52. The highest BCUT2D eigenvalue weighted by molar-refractivity contribution is 7.89. The number of halogens is 1. The van der Waals surface area contributed by atoms with Crippen molar-refractivity contribution in [2.24, 2.45) is 15.4 Å². The summed E-state index contributed by atoms with van der Waals surface area (Å²) in [5.41, 5.74) is 1.78. The Hall–Kier alpha value is -4.92. The van der Waals surface area contributed by atoms with Gasteiger partial charge in [-0.2, -0.15) is 5.10 Å². The van der Waals surface area contributed by atoms with E-state index in [9.17, 15) is 13.2 Å². The zero-order valence-corrected chi connectivity index (χ0v) is 23.8. The second-order valence-corrected chi connectivity index (χ2v) is 10.8. The van der Waals surface area contributed by atoms with E-state index in [4.69, 9.17) is 25.9 Å². The maximum Gasteiger partial charge on any atom is 0.272 e. The van der Waals surface area contributed by atoms with Crippen molar-refractivity contribution in [3.05, 3.63) is 89.8 Å². The van der Waals surface area contributed by atoms with Crippen LogP contribution in [-0.2, 0) is 21.4 Å². The molecule has 2 heterocycles. The molecule has 5 aromatic rings. The quantitative estimate of drug-likeness (QED) is 0.223. The molecule has 0 saturated carbocycles. The molecule has 0 aliphatic heterocycles. The van der Waals surface area contributed by atoms with Crippen molar-refractivity contribution in [2.45, 2.75) is 18.4 Å². The molecule has 0 saturated heterocycles. The van der Waals surface area contributed by atoms with Crippen LogP contribution in [0, 0.1) is 0 Å². The van der Waals surface area contributed by atoms with Crippen LogP contribution in [0.15, 0.2) is 98.4 Å². The molecule has 1 amide bonds. The normalized spacial score (nSPS) is 11.6. The number of aromatic nitrogens is 4. The number of ether oxygens (including phenoxy) is 1. The van der Waals surface area contributed by atoms with Gasteiger partial charge in [0.05, 0.1) is 23.4 Å². The van der Waals surface area contributed by atoms with Gasteiger partial charge in [-0.05, 0) is 54.6 Å². The molecule has 5 rings (SSSR count). The number of nitrogens with two attached hydrogens (primary N) is 1. The smallest absolute Gasteiger partial charge is 0.272 e. The van der Waals surface area contributed by atoms with Crippen molar-refractivity contribution >= 4 is 44.7 Å². The maximum absolute atomic E-state index is 12.5. The average Bonchev–Trinajstić information content (AvgIpc) is 3.59. The lowest BCUT2D eigenvalue weighted by atomic mass is 10.3. The van der Waals surface area contributed by atoms with E-state index in [0.29, 0.717) is 22.1 Å². The first-order chi connectivity index (χ1) is 20.1. The number of amides is 1. The highest BCUT2D eigenvalue weighted by atomic mass is 35.5. The van der Waals surface area contributed by atoms with Crippen molar-refractivity contribution < 1.29 is 22.4 Å². The molecular formula is C27H23ClN8O5S. The number of hydrogen-bond acceptors (Lipinski definition) is 10. The minimum absolute atomic E-state index is 0.00636. The lowest BCUT2D eigenvalue weighted by Gasteiger charge is -2.19. The molecule has 214 valence electrons. The van der Waals surface area contributed by atoms with Crippen LogP contribution >= 0.6 is 11.6 Å². The summed E-state index contributed by atoms with van der Waals surface area (Å²) in [6, 6.07) is 21.6. The SMILES string of the molecule is COc1c(-c2nnc(CN(C(C)=O)c3ccc(S(N)(=O)=O)cc3)o2)nn(-c2cccc(Cl)c2)c1N=Nc1ccccc1. The molecule has 2 aromatic heterocycles. The Morgan fingerprint density at radius 3 is 2.43 bits per heavy atom. The van der Waals surface area contributed by atoms with E-state index in [1.54, 1.807) is 36.4 Å². The third-order valence-electron chi connectivity index (χ3n) is 5.91.